The van der Waals surface area contributed by atoms with Crippen LogP contribution in [0, 0.1) is 0 Å². The van der Waals surface area contributed by atoms with Gasteiger partial charge in [0.25, 0.3) is 5.91 Å². The van der Waals surface area contributed by atoms with Crippen molar-refractivity contribution in [2.45, 2.75) is 12.5 Å². The second kappa shape index (κ2) is 5.49. The Morgan fingerprint density at radius 2 is 2.12 bits per heavy atom. The van der Waals surface area contributed by atoms with Crippen molar-refractivity contribution in [3.63, 3.8) is 0 Å². The number of aliphatic hydroxyl groups excluding tert-OH is 1. The summed E-state index contributed by atoms with van der Waals surface area (Å²) in [5.74, 6) is -0.0680. The van der Waals surface area contributed by atoms with Crippen LogP contribution in [0.4, 0.5) is 5.69 Å². The highest BCUT2D eigenvalue weighted by Gasteiger charge is 2.26. The smallest absolute Gasteiger partial charge is 0.253 e. The number of morpholine rings is 1. The Labute approximate surface area is 105 Å². The van der Waals surface area contributed by atoms with Gasteiger partial charge >= 0.3 is 0 Å². The molecule has 0 aromatic heterocycles. The maximum Gasteiger partial charge on any atom is 0.253 e. The minimum atomic E-state index is -0.103. The molecule has 1 unspecified atom stereocenters. The van der Waals surface area contributed by atoms with Gasteiger partial charge in [-0.15, -0.1) is 0 Å². The van der Waals surface area contributed by atoms with Crippen LogP contribution >= 0.6 is 11.6 Å². The van der Waals surface area contributed by atoms with Crippen molar-refractivity contribution in [1.82, 2.24) is 0 Å². The molecule has 1 aromatic carbocycles. The number of carbonyl (C=O) groups is 1. The first-order valence-electron chi connectivity index (χ1n) is 5.49. The molecule has 2 rings (SSSR count). The molecule has 5 heteroatoms. The summed E-state index contributed by atoms with van der Waals surface area (Å²) in [5, 5.41) is 9.52. The molecule has 1 amide bonds. The predicted molar refractivity (Wildman–Crippen MR) is 65.2 cm³/mol. The first-order valence-corrected chi connectivity index (χ1v) is 5.87. The maximum atomic E-state index is 11.7. The van der Waals surface area contributed by atoms with E-state index in [9.17, 15) is 4.79 Å². The van der Waals surface area contributed by atoms with Gasteiger partial charge in [0.15, 0.2) is 0 Å². The SMILES string of the molecule is O=C1COC(CCO)CN1c1ccc(Cl)cc1. The first-order chi connectivity index (χ1) is 8.20. The molecular weight excluding hydrogens is 242 g/mol. The molecule has 1 aliphatic heterocycles. The fourth-order valence-corrected chi connectivity index (χ4v) is 1.94. The van der Waals surface area contributed by atoms with Crippen molar-refractivity contribution in [2.24, 2.45) is 0 Å². The van der Waals surface area contributed by atoms with E-state index >= 15 is 0 Å². The number of nitrogens with zero attached hydrogens (tertiary/aromatic N) is 1. The Balaban J connectivity index is 2.12. The second-order valence-corrected chi connectivity index (χ2v) is 4.36. The summed E-state index contributed by atoms with van der Waals surface area (Å²) in [7, 11) is 0. The standard InChI is InChI=1S/C12H14ClNO3/c13-9-1-3-10(4-2-9)14-7-11(5-6-15)17-8-12(14)16/h1-4,11,15H,5-8H2. The fourth-order valence-electron chi connectivity index (χ4n) is 1.81. The molecule has 1 aliphatic rings. The van der Waals surface area contributed by atoms with Crippen molar-refractivity contribution in [3.05, 3.63) is 29.3 Å². The van der Waals surface area contributed by atoms with E-state index in [0.717, 1.165) is 5.69 Å². The predicted octanol–water partition coefficient (Wildman–Crippen LogP) is 1.45. The van der Waals surface area contributed by atoms with Gasteiger partial charge in [0.1, 0.15) is 6.61 Å². The Kier molecular flexibility index (Phi) is 3.99. The fraction of sp³-hybridized carbons (Fsp3) is 0.417. The maximum absolute atomic E-state index is 11.7. The summed E-state index contributed by atoms with van der Waals surface area (Å²) < 4.78 is 5.33. The zero-order valence-electron chi connectivity index (χ0n) is 9.30. The molecule has 0 radical (unpaired) electrons. The van der Waals surface area contributed by atoms with Gasteiger partial charge in [-0.05, 0) is 30.7 Å². The zero-order valence-corrected chi connectivity index (χ0v) is 10.1. The van der Waals surface area contributed by atoms with Crippen LogP contribution in [0.15, 0.2) is 24.3 Å². The molecule has 4 nitrogen and oxygen atoms in total. The minimum absolute atomic E-state index is 0.0628. The number of anilines is 1. The number of hydrogen-bond donors (Lipinski definition) is 1. The Morgan fingerprint density at radius 3 is 2.76 bits per heavy atom. The van der Waals surface area contributed by atoms with Crippen molar-refractivity contribution in [2.75, 3.05) is 24.7 Å². The molecule has 0 saturated carbocycles. The average Bonchev–Trinajstić information content (AvgIpc) is 2.33. The largest absolute Gasteiger partial charge is 0.396 e. The summed E-state index contributed by atoms with van der Waals surface area (Å²) in [4.78, 5) is 13.4. The molecule has 1 fully saturated rings. The van der Waals surface area contributed by atoms with Gasteiger partial charge in [-0.3, -0.25) is 4.79 Å². The lowest BCUT2D eigenvalue weighted by Gasteiger charge is -2.32. The monoisotopic (exact) mass is 255 g/mol. The first kappa shape index (κ1) is 12.4. The third-order valence-corrected chi connectivity index (χ3v) is 2.97. The molecule has 0 spiro atoms. The van der Waals surface area contributed by atoms with Gasteiger partial charge in [0.2, 0.25) is 0 Å². The van der Waals surface area contributed by atoms with Gasteiger partial charge in [-0.2, -0.15) is 0 Å². The number of aliphatic hydroxyl groups is 1. The van der Waals surface area contributed by atoms with E-state index in [1.54, 1.807) is 17.0 Å². The number of amides is 1. The molecule has 1 atom stereocenters. The zero-order chi connectivity index (χ0) is 12.3. The lowest BCUT2D eigenvalue weighted by Crippen LogP contribution is -2.47. The van der Waals surface area contributed by atoms with Gasteiger partial charge in [-0.25, -0.2) is 0 Å². The van der Waals surface area contributed by atoms with E-state index in [1.807, 2.05) is 12.1 Å². The quantitative estimate of drug-likeness (QED) is 0.890. The number of ether oxygens (including phenoxy) is 1. The molecule has 1 aromatic rings. The van der Waals surface area contributed by atoms with Gasteiger partial charge in [0, 0.05) is 17.3 Å². The van der Waals surface area contributed by atoms with E-state index in [2.05, 4.69) is 0 Å². The van der Waals surface area contributed by atoms with Gasteiger partial charge in [0.05, 0.1) is 12.6 Å². The van der Waals surface area contributed by atoms with Crippen molar-refractivity contribution < 1.29 is 14.6 Å². The normalized spacial score (nSPS) is 20.7. The topological polar surface area (TPSA) is 49.8 Å². The van der Waals surface area contributed by atoms with E-state index in [1.165, 1.54) is 0 Å². The number of rotatable bonds is 3. The van der Waals surface area contributed by atoms with Crippen molar-refractivity contribution in [3.8, 4) is 0 Å². The molecule has 1 saturated heterocycles. The molecule has 17 heavy (non-hydrogen) atoms. The number of benzene rings is 1. The Morgan fingerprint density at radius 1 is 1.41 bits per heavy atom. The highest BCUT2D eigenvalue weighted by atomic mass is 35.5. The summed E-state index contributed by atoms with van der Waals surface area (Å²) >= 11 is 5.80. The van der Waals surface area contributed by atoms with Crippen molar-refractivity contribution >= 4 is 23.2 Å². The highest BCUT2D eigenvalue weighted by molar-refractivity contribution is 6.30. The third kappa shape index (κ3) is 2.97. The van der Waals surface area contributed by atoms with Crippen molar-refractivity contribution in [1.29, 1.82) is 0 Å². The Hall–Kier alpha value is -1.10. The number of halogens is 1. The van der Waals surface area contributed by atoms with Crippen LogP contribution in [-0.4, -0.2) is 36.9 Å². The summed E-state index contributed by atoms with van der Waals surface area (Å²) in [6, 6.07) is 7.12. The van der Waals surface area contributed by atoms with E-state index < -0.39 is 0 Å². The molecule has 0 aliphatic carbocycles. The van der Waals surface area contributed by atoms with Crippen LogP contribution in [0.5, 0.6) is 0 Å². The van der Waals surface area contributed by atoms with E-state index in [4.69, 9.17) is 21.4 Å². The molecule has 0 bridgehead atoms. The summed E-state index contributed by atoms with van der Waals surface area (Å²) in [6.45, 7) is 0.599. The third-order valence-electron chi connectivity index (χ3n) is 2.72. The molecule has 92 valence electrons. The van der Waals surface area contributed by atoms with Crippen LogP contribution in [-0.2, 0) is 9.53 Å². The van der Waals surface area contributed by atoms with Gasteiger partial charge < -0.3 is 14.7 Å². The average molecular weight is 256 g/mol. The van der Waals surface area contributed by atoms with E-state index in [0.29, 0.717) is 18.0 Å². The Bertz CT molecular complexity index is 393. The van der Waals surface area contributed by atoms with E-state index in [-0.39, 0.29) is 25.2 Å². The summed E-state index contributed by atoms with van der Waals surface area (Å²) in [6.07, 6.45) is 0.436. The highest BCUT2D eigenvalue weighted by Crippen LogP contribution is 2.21. The van der Waals surface area contributed by atoms with Gasteiger partial charge in [-0.1, -0.05) is 11.6 Å². The summed E-state index contributed by atoms with van der Waals surface area (Å²) in [5.41, 5.74) is 0.811. The number of hydrogen-bond acceptors (Lipinski definition) is 3. The van der Waals surface area contributed by atoms with Crippen LogP contribution in [0.2, 0.25) is 5.02 Å². The molecular formula is C12H14ClNO3. The van der Waals surface area contributed by atoms with Crippen LogP contribution in [0.3, 0.4) is 0 Å². The van der Waals surface area contributed by atoms with Crippen LogP contribution < -0.4 is 4.90 Å². The van der Waals surface area contributed by atoms with Crippen LogP contribution in [0.25, 0.3) is 0 Å². The molecule has 1 heterocycles. The molecule has 1 N–H and O–H groups in total. The van der Waals surface area contributed by atoms with Crippen LogP contribution in [0.1, 0.15) is 6.42 Å². The lowest BCUT2D eigenvalue weighted by molar-refractivity contribution is -0.129. The lowest BCUT2D eigenvalue weighted by atomic mass is 10.2. The second-order valence-electron chi connectivity index (χ2n) is 3.93. The minimum Gasteiger partial charge on any atom is -0.396 e. The number of carbonyl (C=O) groups excluding carboxylic acids is 1.